The Kier molecular flexibility index (Phi) is 4.86. The van der Waals surface area contributed by atoms with E-state index in [-0.39, 0.29) is 11.8 Å². The highest BCUT2D eigenvalue weighted by Crippen LogP contribution is 2.23. The fourth-order valence-corrected chi connectivity index (χ4v) is 1.87. The number of aromatic nitrogens is 2. The van der Waals surface area contributed by atoms with Crippen molar-refractivity contribution in [3.05, 3.63) is 17.0 Å². The monoisotopic (exact) mass is 258 g/mol. The molecule has 0 aliphatic carbocycles. The molecule has 17 heavy (non-hydrogen) atoms. The van der Waals surface area contributed by atoms with E-state index >= 15 is 0 Å². The highest BCUT2D eigenvalue weighted by atomic mass is 32.2. The number of hydrogen-bond donors (Lipinski definition) is 0. The predicted octanol–water partition coefficient (Wildman–Crippen LogP) is 2.35. The van der Waals surface area contributed by atoms with Gasteiger partial charge in [-0.2, -0.15) is 0 Å². The molecule has 0 saturated carbocycles. The maximum Gasteiger partial charge on any atom is 0.351 e. The Labute approximate surface area is 104 Å². The standard InChI is InChI=1S/C11H15FN2O2S/c1-5-16-10(15)9(12)17-11-13-7(3)6(2)8(4)14-11/h9H,5H2,1-4H3. The molecule has 1 aromatic rings. The first-order valence-electron chi connectivity index (χ1n) is 5.25. The van der Waals surface area contributed by atoms with Gasteiger partial charge in [0.15, 0.2) is 5.16 Å². The molecule has 1 heterocycles. The minimum Gasteiger partial charge on any atom is -0.463 e. The third-order valence-electron chi connectivity index (χ3n) is 2.29. The molecule has 0 N–H and O–H groups in total. The van der Waals surface area contributed by atoms with E-state index in [9.17, 15) is 9.18 Å². The molecule has 0 saturated heterocycles. The van der Waals surface area contributed by atoms with Crippen molar-refractivity contribution in [3.8, 4) is 0 Å². The molecule has 6 heteroatoms. The van der Waals surface area contributed by atoms with Crippen molar-refractivity contribution in [2.45, 2.75) is 38.4 Å². The number of thioether (sulfide) groups is 1. The number of esters is 1. The molecule has 0 bridgehead atoms. The lowest BCUT2D eigenvalue weighted by Gasteiger charge is -2.09. The third kappa shape index (κ3) is 3.66. The van der Waals surface area contributed by atoms with Crippen molar-refractivity contribution in [2.24, 2.45) is 0 Å². The highest BCUT2D eigenvalue weighted by Gasteiger charge is 2.22. The lowest BCUT2D eigenvalue weighted by Crippen LogP contribution is -2.16. The second-order valence-electron chi connectivity index (χ2n) is 3.49. The summed E-state index contributed by atoms with van der Waals surface area (Å²) in [5.41, 5.74) is 0.768. The molecule has 0 aliphatic rings. The smallest absolute Gasteiger partial charge is 0.351 e. The average Bonchev–Trinajstić information content (AvgIpc) is 2.26. The Hall–Kier alpha value is -1.17. The number of halogens is 1. The molecule has 1 aromatic heterocycles. The predicted molar refractivity (Wildman–Crippen MR) is 63.6 cm³/mol. The molecule has 94 valence electrons. The van der Waals surface area contributed by atoms with Crippen LogP contribution in [0.1, 0.15) is 23.9 Å². The number of ether oxygens (including phenoxy) is 1. The first-order chi connectivity index (χ1) is 7.95. The maximum atomic E-state index is 13.4. The van der Waals surface area contributed by atoms with Gasteiger partial charge in [-0.25, -0.2) is 19.2 Å². The summed E-state index contributed by atoms with van der Waals surface area (Å²) in [7, 11) is 0. The van der Waals surface area contributed by atoms with Crippen LogP contribution < -0.4 is 0 Å². The van der Waals surface area contributed by atoms with Crippen molar-refractivity contribution in [2.75, 3.05) is 6.61 Å². The summed E-state index contributed by atoms with van der Waals surface area (Å²) >= 11 is 0.665. The molecule has 1 unspecified atom stereocenters. The molecular formula is C11H15FN2O2S. The van der Waals surface area contributed by atoms with E-state index in [4.69, 9.17) is 0 Å². The van der Waals surface area contributed by atoms with Crippen LogP contribution in [-0.2, 0) is 9.53 Å². The van der Waals surface area contributed by atoms with Gasteiger partial charge in [-0.15, -0.1) is 0 Å². The lowest BCUT2D eigenvalue weighted by atomic mass is 10.2. The van der Waals surface area contributed by atoms with Gasteiger partial charge in [-0.1, -0.05) is 0 Å². The zero-order valence-electron chi connectivity index (χ0n) is 10.3. The molecule has 0 radical (unpaired) electrons. The van der Waals surface area contributed by atoms with Gasteiger partial charge >= 0.3 is 5.97 Å². The van der Waals surface area contributed by atoms with Crippen LogP contribution in [0.2, 0.25) is 0 Å². The average molecular weight is 258 g/mol. The van der Waals surface area contributed by atoms with Crippen molar-refractivity contribution in [1.29, 1.82) is 0 Å². The Balaban J connectivity index is 2.78. The largest absolute Gasteiger partial charge is 0.463 e. The van der Waals surface area contributed by atoms with E-state index < -0.39 is 11.5 Å². The van der Waals surface area contributed by atoms with Gasteiger partial charge in [0.2, 0.25) is 5.50 Å². The summed E-state index contributed by atoms with van der Waals surface area (Å²) in [6, 6.07) is 0. The van der Waals surface area contributed by atoms with E-state index in [1.807, 2.05) is 20.8 Å². The van der Waals surface area contributed by atoms with Crippen molar-refractivity contribution >= 4 is 17.7 Å². The first-order valence-corrected chi connectivity index (χ1v) is 6.12. The number of alkyl halides is 1. The molecule has 1 atom stereocenters. The number of nitrogens with zero attached hydrogens (tertiary/aromatic N) is 2. The zero-order chi connectivity index (χ0) is 13.0. The van der Waals surface area contributed by atoms with Gasteiger partial charge in [0, 0.05) is 11.4 Å². The second-order valence-corrected chi connectivity index (χ2v) is 4.50. The molecule has 0 fully saturated rings. The maximum absolute atomic E-state index is 13.4. The van der Waals surface area contributed by atoms with Gasteiger partial charge < -0.3 is 4.74 Å². The van der Waals surface area contributed by atoms with Gasteiger partial charge in [-0.05, 0) is 45.0 Å². The molecule has 0 amide bonds. The Morgan fingerprint density at radius 3 is 2.35 bits per heavy atom. The zero-order valence-corrected chi connectivity index (χ0v) is 11.1. The summed E-state index contributed by atoms with van der Waals surface area (Å²) in [4.78, 5) is 19.4. The van der Waals surface area contributed by atoms with Crippen LogP contribution >= 0.6 is 11.8 Å². The van der Waals surface area contributed by atoms with E-state index in [1.54, 1.807) is 6.92 Å². The van der Waals surface area contributed by atoms with Crippen LogP contribution in [0.25, 0.3) is 0 Å². The van der Waals surface area contributed by atoms with Crippen LogP contribution in [0, 0.1) is 20.8 Å². The summed E-state index contributed by atoms with van der Waals surface area (Å²) in [6.07, 6.45) is 0. The van der Waals surface area contributed by atoms with E-state index in [1.165, 1.54) is 0 Å². The summed E-state index contributed by atoms with van der Waals surface area (Å²) in [5.74, 6) is -0.892. The van der Waals surface area contributed by atoms with Crippen LogP contribution in [0.5, 0.6) is 0 Å². The third-order valence-corrected chi connectivity index (χ3v) is 3.09. The topological polar surface area (TPSA) is 52.1 Å². The fraction of sp³-hybridized carbons (Fsp3) is 0.545. The second kappa shape index (κ2) is 5.95. The van der Waals surface area contributed by atoms with E-state index in [0.717, 1.165) is 17.0 Å². The molecule has 0 aliphatic heterocycles. The number of rotatable bonds is 4. The summed E-state index contributed by atoms with van der Waals surface area (Å²) in [6.45, 7) is 7.34. The van der Waals surface area contributed by atoms with Gasteiger partial charge in [-0.3, -0.25) is 0 Å². The van der Waals surface area contributed by atoms with Gasteiger partial charge in [0.05, 0.1) is 6.61 Å². The Bertz CT molecular complexity index is 403. The molecule has 1 rings (SSSR count). The Morgan fingerprint density at radius 2 is 1.88 bits per heavy atom. The van der Waals surface area contributed by atoms with Crippen LogP contribution in [-0.4, -0.2) is 28.0 Å². The number of carbonyl (C=O) groups excluding carboxylic acids is 1. The number of carbonyl (C=O) groups is 1. The van der Waals surface area contributed by atoms with Crippen molar-refractivity contribution < 1.29 is 13.9 Å². The number of hydrogen-bond acceptors (Lipinski definition) is 5. The van der Waals surface area contributed by atoms with Crippen LogP contribution in [0.15, 0.2) is 5.16 Å². The fourth-order valence-electron chi connectivity index (χ4n) is 1.14. The lowest BCUT2D eigenvalue weighted by molar-refractivity contribution is -0.145. The minimum absolute atomic E-state index is 0.159. The summed E-state index contributed by atoms with van der Waals surface area (Å²) in [5, 5.41) is 0.256. The summed E-state index contributed by atoms with van der Waals surface area (Å²) < 4.78 is 18.0. The van der Waals surface area contributed by atoms with Crippen molar-refractivity contribution in [3.63, 3.8) is 0 Å². The SMILES string of the molecule is CCOC(=O)C(F)Sc1nc(C)c(C)c(C)n1. The normalized spacial score (nSPS) is 12.3. The van der Waals surface area contributed by atoms with Gasteiger partial charge in [0.1, 0.15) is 0 Å². The molecule has 0 aromatic carbocycles. The quantitative estimate of drug-likeness (QED) is 0.471. The first kappa shape index (κ1) is 13.9. The minimum atomic E-state index is -1.78. The molecule has 4 nitrogen and oxygen atoms in total. The van der Waals surface area contributed by atoms with Crippen molar-refractivity contribution in [1.82, 2.24) is 9.97 Å². The number of aryl methyl sites for hydroxylation is 2. The Morgan fingerprint density at radius 1 is 1.35 bits per heavy atom. The van der Waals surface area contributed by atoms with E-state index in [2.05, 4.69) is 14.7 Å². The van der Waals surface area contributed by atoms with Gasteiger partial charge in [0.25, 0.3) is 0 Å². The molecule has 0 spiro atoms. The van der Waals surface area contributed by atoms with Crippen LogP contribution in [0.3, 0.4) is 0 Å². The highest BCUT2D eigenvalue weighted by molar-refractivity contribution is 8.00. The molecular weight excluding hydrogens is 243 g/mol. The van der Waals surface area contributed by atoms with E-state index in [0.29, 0.717) is 11.8 Å². The van der Waals surface area contributed by atoms with Crippen LogP contribution in [0.4, 0.5) is 4.39 Å².